The van der Waals surface area contributed by atoms with E-state index in [1.807, 2.05) is 6.92 Å². The molecule has 0 aliphatic carbocycles. The van der Waals surface area contributed by atoms with E-state index >= 15 is 0 Å². The average molecular weight is 166 g/mol. The third-order valence-corrected chi connectivity index (χ3v) is 1.36. The highest BCUT2D eigenvalue weighted by atomic mass is 16.4. The zero-order valence-corrected chi connectivity index (χ0v) is 6.69. The fraction of sp³-hybridized carbons (Fsp3) is 0.250. The van der Waals surface area contributed by atoms with E-state index in [9.17, 15) is 4.79 Å². The van der Waals surface area contributed by atoms with E-state index in [1.165, 1.54) is 6.08 Å². The molecule has 1 atom stereocenters. The highest BCUT2D eigenvalue weighted by Crippen LogP contribution is 2.00. The van der Waals surface area contributed by atoms with Crippen molar-refractivity contribution in [1.29, 1.82) is 0 Å². The molecule has 0 fully saturated rings. The molecule has 1 heterocycles. The first-order chi connectivity index (χ1) is 5.68. The molecule has 0 aromatic carbocycles. The van der Waals surface area contributed by atoms with Gasteiger partial charge in [-0.25, -0.2) is 4.79 Å². The minimum absolute atomic E-state index is 0.151. The van der Waals surface area contributed by atoms with Crippen molar-refractivity contribution in [2.75, 3.05) is 0 Å². The molecular formula is C8H10N2O2. The van der Waals surface area contributed by atoms with Crippen LogP contribution in [-0.4, -0.2) is 23.0 Å². The molecule has 1 aliphatic heterocycles. The number of hydrogen-bond donors (Lipinski definition) is 2. The smallest absolute Gasteiger partial charge is 0.328 e. The quantitative estimate of drug-likeness (QED) is 0.588. The zero-order chi connectivity index (χ0) is 8.97. The molecule has 0 saturated heterocycles. The fourth-order valence-corrected chi connectivity index (χ4v) is 0.859. The third kappa shape index (κ3) is 2.57. The summed E-state index contributed by atoms with van der Waals surface area (Å²) in [6.07, 6.45) is 6.16. The number of amidine groups is 1. The van der Waals surface area contributed by atoms with Gasteiger partial charge in [0.1, 0.15) is 0 Å². The van der Waals surface area contributed by atoms with Crippen LogP contribution >= 0.6 is 0 Å². The maximum atomic E-state index is 10.1. The Kier molecular flexibility index (Phi) is 2.63. The van der Waals surface area contributed by atoms with Gasteiger partial charge in [-0.05, 0) is 19.1 Å². The van der Waals surface area contributed by atoms with Gasteiger partial charge in [0.15, 0.2) is 0 Å². The van der Waals surface area contributed by atoms with Crippen molar-refractivity contribution in [3.63, 3.8) is 0 Å². The molecule has 4 nitrogen and oxygen atoms in total. The average Bonchev–Trinajstić information content (AvgIpc) is 2.01. The highest BCUT2D eigenvalue weighted by molar-refractivity contribution is 5.82. The van der Waals surface area contributed by atoms with Gasteiger partial charge in [-0.15, -0.1) is 0 Å². The molecule has 0 radical (unpaired) electrons. The number of carbonyl (C=O) groups is 1. The van der Waals surface area contributed by atoms with Gasteiger partial charge in [-0.3, -0.25) is 4.99 Å². The largest absolute Gasteiger partial charge is 0.478 e. The first-order valence-electron chi connectivity index (χ1n) is 3.57. The second-order valence-electron chi connectivity index (χ2n) is 2.41. The summed E-state index contributed by atoms with van der Waals surface area (Å²) in [5, 5.41) is 11.2. The van der Waals surface area contributed by atoms with Crippen LogP contribution in [0.3, 0.4) is 0 Å². The molecule has 12 heavy (non-hydrogen) atoms. The Morgan fingerprint density at radius 3 is 3.17 bits per heavy atom. The van der Waals surface area contributed by atoms with Crippen LogP contribution in [0.25, 0.3) is 0 Å². The summed E-state index contributed by atoms with van der Waals surface area (Å²) in [5.41, 5.74) is 0. The second-order valence-corrected chi connectivity index (χ2v) is 2.41. The lowest BCUT2D eigenvalue weighted by Crippen LogP contribution is -2.20. The number of carboxylic acids is 1. The topological polar surface area (TPSA) is 61.7 Å². The fourth-order valence-electron chi connectivity index (χ4n) is 0.859. The van der Waals surface area contributed by atoms with Crippen LogP contribution in [0.1, 0.15) is 6.92 Å². The summed E-state index contributed by atoms with van der Waals surface area (Å²) < 4.78 is 0. The van der Waals surface area contributed by atoms with Gasteiger partial charge in [0.05, 0.1) is 11.9 Å². The Labute approximate surface area is 70.3 Å². The van der Waals surface area contributed by atoms with Crippen molar-refractivity contribution in [2.24, 2.45) is 4.99 Å². The molecule has 1 rings (SSSR count). The number of nitrogens with zero attached hydrogens (tertiary/aromatic N) is 1. The summed E-state index contributed by atoms with van der Waals surface area (Å²) in [5.74, 6) is -0.160. The standard InChI is InChI=1S/C8H10N2O2/c1-6-9-5-4-7(10-6)2-3-8(11)12/h2-5,7H,1H3,(H,9,10)(H,11,12). The summed E-state index contributed by atoms with van der Waals surface area (Å²) in [6.45, 7) is 1.82. The van der Waals surface area contributed by atoms with E-state index in [0.717, 1.165) is 11.9 Å². The Morgan fingerprint density at radius 2 is 2.58 bits per heavy atom. The number of rotatable bonds is 2. The maximum Gasteiger partial charge on any atom is 0.328 e. The number of aliphatic carboxylic acids is 1. The van der Waals surface area contributed by atoms with E-state index in [-0.39, 0.29) is 6.04 Å². The van der Waals surface area contributed by atoms with Crippen molar-refractivity contribution in [2.45, 2.75) is 13.0 Å². The van der Waals surface area contributed by atoms with Crippen LogP contribution in [0.2, 0.25) is 0 Å². The molecule has 0 amide bonds. The Balaban J connectivity index is 2.58. The first-order valence-corrected chi connectivity index (χ1v) is 3.57. The number of aliphatic imine (C=N–C) groups is 1. The molecule has 0 aromatic heterocycles. The van der Waals surface area contributed by atoms with Gasteiger partial charge < -0.3 is 10.4 Å². The van der Waals surface area contributed by atoms with Crippen molar-refractivity contribution < 1.29 is 9.90 Å². The molecule has 4 heteroatoms. The lowest BCUT2D eigenvalue weighted by Gasteiger charge is -2.09. The monoisotopic (exact) mass is 166 g/mol. The summed E-state index contributed by atoms with van der Waals surface area (Å²) in [4.78, 5) is 14.3. The van der Waals surface area contributed by atoms with Crippen LogP contribution in [0.4, 0.5) is 0 Å². The normalized spacial score (nSPS) is 22.1. The van der Waals surface area contributed by atoms with E-state index in [4.69, 9.17) is 5.11 Å². The van der Waals surface area contributed by atoms with Crippen LogP contribution < -0.4 is 5.32 Å². The van der Waals surface area contributed by atoms with Gasteiger partial charge in [-0.2, -0.15) is 0 Å². The molecule has 2 N–H and O–H groups in total. The Hall–Kier alpha value is -1.58. The number of hydrogen-bond acceptors (Lipinski definition) is 3. The molecule has 0 spiro atoms. The lowest BCUT2D eigenvalue weighted by molar-refractivity contribution is -0.131. The number of carboxylic acid groups (broad SMARTS) is 1. The van der Waals surface area contributed by atoms with Crippen molar-refractivity contribution in [3.8, 4) is 0 Å². The second kappa shape index (κ2) is 3.71. The van der Waals surface area contributed by atoms with E-state index in [1.54, 1.807) is 12.3 Å². The first kappa shape index (κ1) is 8.52. The zero-order valence-electron chi connectivity index (χ0n) is 6.69. The third-order valence-electron chi connectivity index (χ3n) is 1.36. The number of nitrogens with one attached hydrogen (secondary N) is 1. The van der Waals surface area contributed by atoms with Gasteiger partial charge in [0, 0.05) is 12.3 Å². The lowest BCUT2D eigenvalue weighted by atomic mass is 10.2. The highest BCUT2D eigenvalue weighted by Gasteiger charge is 2.02. The van der Waals surface area contributed by atoms with E-state index in [0.29, 0.717) is 0 Å². The molecule has 0 aromatic rings. The predicted octanol–water partition coefficient (Wildman–Crippen LogP) is 0.531. The van der Waals surface area contributed by atoms with Crippen molar-refractivity contribution >= 4 is 11.8 Å². The van der Waals surface area contributed by atoms with Gasteiger partial charge >= 0.3 is 5.97 Å². The van der Waals surface area contributed by atoms with Gasteiger partial charge in [0.2, 0.25) is 0 Å². The predicted molar refractivity (Wildman–Crippen MR) is 45.9 cm³/mol. The summed E-state index contributed by atoms with van der Waals surface area (Å²) in [7, 11) is 0. The summed E-state index contributed by atoms with van der Waals surface area (Å²) in [6, 6.07) is -0.151. The van der Waals surface area contributed by atoms with E-state index < -0.39 is 5.97 Å². The molecule has 1 unspecified atom stereocenters. The van der Waals surface area contributed by atoms with Crippen molar-refractivity contribution in [3.05, 3.63) is 24.4 Å². The molecular weight excluding hydrogens is 156 g/mol. The van der Waals surface area contributed by atoms with Crippen molar-refractivity contribution in [1.82, 2.24) is 5.32 Å². The Bertz CT molecular complexity index is 266. The molecule has 0 bridgehead atoms. The molecule has 0 saturated carbocycles. The minimum Gasteiger partial charge on any atom is -0.478 e. The van der Waals surface area contributed by atoms with Crippen LogP contribution in [0, 0.1) is 0 Å². The molecule has 1 aliphatic rings. The maximum absolute atomic E-state index is 10.1. The minimum atomic E-state index is -0.949. The summed E-state index contributed by atoms with van der Waals surface area (Å²) >= 11 is 0. The van der Waals surface area contributed by atoms with E-state index in [2.05, 4.69) is 10.3 Å². The SMILES string of the molecule is CC1=NC(C=CC(=O)O)C=CN1. The molecule has 64 valence electrons. The Morgan fingerprint density at radius 1 is 1.83 bits per heavy atom. The van der Waals surface area contributed by atoms with Crippen LogP contribution in [-0.2, 0) is 4.79 Å². The van der Waals surface area contributed by atoms with Crippen LogP contribution in [0.5, 0.6) is 0 Å². The van der Waals surface area contributed by atoms with Gasteiger partial charge in [-0.1, -0.05) is 0 Å². The van der Waals surface area contributed by atoms with Crippen LogP contribution in [0.15, 0.2) is 29.4 Å². The van der Waals surface area contributed by atoms with Gasteiger partial charge in [0.25, 0.3) is 0 Å².